The van der Waals surface area contributed by atoms with Gasteiger partial charge < -0.3 is 15.3 Å². The van der Waals surface area contributed by atoms with Crippen LogP contribution in [0, 0.1) is 0 Å². The zero-order valence-electron chi connectivity index (χ0n) is 17.1. The van der Waals surface area contributed by atoms with E-state index in [-0.39, 0.29) is 11.9 Å². The van der Waals surface area contributed by atoms with Gasteiger partial charge in [-0.3, -0.25) is 9.80 Å². The molecule has 158 valence electrons. The van der Waals surface area contributed by atoms with Crippen LogP contribution in [0.15, 0.2) is 35.4 Å². The molecule has 2 aliphatic heterocycles. The van der Waals surface area contributed by atoms with Crippen LogP contribution in [0.4, 0.5) is 5.82 Å². The number of amides is 1. The third-order valence-corrected chi connectivity index (χ3v) is 5.06. The zero-order chi connectivity index (χ0) is 21.3. The van der Waals surface area contributed by atoms with Gasteiger partial charge >= 0.3 is 0 Å². The Morgan fingerprint density at radius 2 is 2.13 bits per heavy atom. The van der Waals surface area contributed by atoms with Crippen molar-refractivity contribution in [1.29, 1.82) is 0 Å². The molecule has 3 heterocycles. The van der Waals surface area contributed by atoms with Gasteiger partial charge in [0.2, 0.25) is 0 Å². The molecule has 10 nitrogen and oxygen atoms in total. The molecule has 0 radical (unpaired) electrons. The lowest BCUT2D eigenvalue weighted by Gasteiger charge is -2.24. The molecule has 4 N–H and O–H groups in total. The number of hydrazine groups is 2. The standard InChI is InChI=1S/C20H25N7O3/c1-12(2)27-19(23-24-25-27)16-5-4-6-18(21-16)22-20(28)15-9-14-11-26(29)8-7-13(14)10-17(15)30-3/h4-6,9-10,12,24-25,29H,7-8,11H2,1-3H3,(H,21,22,28). The lowest BCUT2D eigenvalue weighted by Crippen LogP contribution is -2.45. The number of rotatable bonds is 5. The van der Waals surface area contributed by atoms with E-state index in [4.69, 9.17) is 4.74 Å². The number of hydroxylamine groups is 2. The van der Waals surface area contributed by atoms with Gasteiger partial charge in [0.25, 0.3) is 5.91 Å². The van der Waals surface area contributed by atoms with Crippen LogP contribution in [0.3, 0.4) is 0 Å². The number of carbonyl (C=O) groups is 1. The summed E-state index contributed by atoms with van der Waals surface area (Å²) in [5, 5.41) is 20.0. The summed E-state index contributed by atoms with van der Waals surface area (Å²) in [6.45, 7) is 4.98. The third-order valence-electron chi connectivity index (χ3n) is 5.06. The average molecular weight is 411 g/mol. The number of hydrogen-bond acceptors (Lipinski definition) is 9. The largest absolute Gasteiger partial charge is 0.496 e. The van der Waals surface area contributed by atoms with E-state index in [0.29, 0.717) is 48.2 Å². The van der Waals surface area contributed by atoms with E-state index in [9.17, 15) is 10.0 Å². The number of ether oxygens (including phenoxy) is 1. The maximum atomic E-state index is 13.0. The second-order valence-corrected chi connectivity index (χ2v) is 7.44. The van der Waals surface area contributed by atoms with Gasteiger partial charge in [-0.05, 0) is 55.7 Å². The van der Waals surface area contributed by atoms with Gasteiger partial charge in [0.1, 0.15) is 17.3 Å². The second kappa shape index (κ2) is 8.27. The maximum Gasteiger partial charge on any atom is 0.260 e. The molecule has 1 amide bonds. The minimum atomic E-state index is -0.334. The van der Waals surface area contributed by atoms with Gasteiger partial charge in [-0.2, -0.15) is 5.06 Å². The first-order valence-corrected chi connectivity index (χ1v) is 9.76. The van der Waals surface area contributed by atoms with Crippen LogP contribution in [0.5, 0.6) is 5.75 Å². The number of hydrazone groups is 1. The Morgan fingerprint density at radius 1 is 1.30 bits per heavy atom. The number of amidine groups is 1. The van der Waals surface area contributed by atoms with Gasteiger partial charge in [-0.1, -0.05) is 6.07 Å². The smallest absolute Gasteiger partial charge is 0.260 e. The molecule has 0 aliphatic carbocycles. The lowest BCUT2D eigenvalue weighted by atomic mass is 9.97. The highest BCUT2D eigenvalue weighted by Crippen LogP contribution is 2.28. The Kier molecular flexibility index (Phi) is 5.53. The molecule has 0 saturated carbocycles. The number of anilines is 1. The molecule has 2 aromatic rings. The van der Waals surface area contributed by atoms with Gasteiger partial charge in [-0.15, -0.1) is 10.6 Å². The Hall–Kier alpha value is -3.21. The van der Waals surface area contributed by atoms with Crippen LogP contribution in [0.1, 0.15) is 41.0 Å². The van der Waals surface area contributed by atoms with Crippen LogP contribution in [-0.2, 0) is 13.0 Å². The van der Waals surface area contributed by atoms with E-state index in [1.54, 1.807) is 12.1 Å². The minimum Gasteiger partial charge on any atom is -0.496 e. The molecule has 0 atom stereocenters. The van der Waals surface area contributed by atoms with Crippen molar-refractivity contribution in [1.82, 2.24) is 26.1 Å². The van der Waals surface area contributed by atoms with E-state index in [2.05, 4.69) is 26.5 Å². The molecule has 30 heavy (non-hydrogen) atoms. The number of fused-ring (bicyclic) bond motifs is 1. The first-order valence-electron chi connectivity index (χ1n) is 9.76. The van der Waals surface area contributed by atoms with Crippen molar-refractivity contribution in [2.45, 2.75) is 32.9 Å². The van der Waals surface area contributed by atoms with Crippen molar-refractivity contribution >= 4 is 17.6 Å². The fraction of sp³-hybridized carbons (Fsp3) is 0.350. The molecular formula is C20H25N7O3. The van der Waals surface area contributed by atoms with Gasteiger partial charge in [0, 0.05) is 19.1 Å². The van der Waals surface area contributed by atoms with Crippen LogP contribution < -0.4 is 21.1 Å². The number of methoxy groups -OCH3 is 1. The Bertz CT molecular complexity index is 992. The Morgan fingerprint density at radius 3 is 2.90 bits per heavy atom. The van der Waals surface area contributed by atoms with Crippen molar-refractivity contribution < 1.29 is 14.7 Å². The summed E-state index contributed by atoms with van der Waals surface area (Å²) in [6, 6.07) is 9.15. The highest BCUT2D eigenvalue weighted by molar-refractivity contribution is 6.06. The first-order chi connectivity index (χ1) is 14.5. The highest BCUT2D eigenvalue weighted by atomic mass is 16.5. The van der Waals surface area contributed by atoms with Crippen LogP contribution in [0.25, 0.3) is 0 Å². The minimum absolute atomic E-state index is 0.157. The normalized spacial score (nSPS) is 16.2. The van der Waals surface area contributed by atoms with E-state index in [1.165, 1.54) is 12.2 Å². The number of pyridine rings is 1. The number of hydrogen-bond donors (Lipinski definition) is 4. The van der Waals surface area contributed by atoms with Crippen molar-refractivity contribution in [2.24, 2.45) is 5.10 Å². The number of benzene rings is 1. The first kappa shape index (κ1) is 20.1. The fourth-order valence-electron chi connectivity index (χ4n) is 3.52. The summed E-state index contributed by atoms with van der Waals surface area (Å²) in [6.07, 6.45) is 0.699. The summed E-state index contributed by atoms with van der Waals surface area (Å²) in [7, 11) is 1.54. The molecule has 0 bridgehead atoms. The summed E-state index contributed by atoms with van der Waals surface area (Å²) < 4.78 is 5.44. The number of carbonyl (C=O) groups excluding carboxylic acids is 1. The van der Waals surface area contributed by atoms with E-state index in [1.807, 2.05) is 37.1 Å². The quantitative estimate of drug-likeness (QED) is 0.585. The van der Waals surface area contributed by atoms with E-state index < -0.39 is 0 Å². The van der Waals surface area contributed by atoms with Crippen LogP contribution in [-0.4, -0.2) is 51.7 Å². The lowest BCUT2D eigenvalue weighted by molar-refractivity contribution is -0.103. The Balaban J connectivity index is 1.58. The van der Waals surface area contributed by atoms with Gasteiger partial charge in [-0.25, -0.2) is 10.5 Å². The van der Waals surface area contributed by atoms with Crippen molar-refractivity contribution in [3.63, 3.8) is 0 Å². The number of nitrogens with one attached hydrogen (secondary N) is 3. The molecule has 0 saturated heterocycles. The number of nitrogens with zero attached hydrogens (tertiary/aromatic N) is 4. The molecule has 0 unspecified atom stereocenters. The van der Waals surface area contributed by atoms with Crippen LogP contribution in [0.2, 0.25) is 0 Å². The number of aromatic nitrogens is 1. The summed E-state index contributed by atoms with van der Waals surface area (Å²) in [4.78, 5) is 17.5. The molecule has 10 heteroatoms. The maximum absolute atomic E-state index is 13.0. The molecule has 2 aliphatic rings. The van der Waals surface area contributed by atoms with Gasteiger partial charge in [0.05, 0.1) is 12.7 Å². The Labute approximate surface area is 174 Å². The average Bonchev–Trinajstić information content (AvgIpc) is 3.23. The molecule has 4 rings (SSSR count). The van der Waals surface area contributed by atoms with Crippen LogP contribution >= 0.6 is 0 Å². The van der Waals surface area contributed by atoms with Gasteiger partial charge in [0.15, 0.2) is 5.84 Å². The fourth-order valence-corrected chi connectivity index (χ4v) is 3.52. The molecule has 0 fully saturated rings. The second-order valence-electron chi connectivity index (χ2n) is 7.44. The van der Waals surface area contributed by atoms with E-state index >= 15 is 0 Å². The topological polar surface area (TPSA) is 114 Å². The summed E-state index contributed by atoms with van der Waals surface area (Å²) in [5.41, 5.74) is 8.67. The predicted octanol–water partition coefficient (Wildman–Crippen LogP) is 1.48. The SMILES string of the molecule is COc1cc2c(cc1C(=O)Nc1cccc(C3=NNNN3C(C)C)n1)CN(O)CC2. The highest BCUT2D eigenvalue weighted by Gasteiger charge is 2.24. The van der Waals surface area contributed by atoms with E-state index in [0.717, 1.165) is 11.1 Å². The summed E-state index contributed by atoms with van der Waals surface area (Å²) >= 11 is 0. The van der Waals surface area contributed by atoms with Crippen molar-refractivity contribution in [3.05, 3.63) is 52.7 Å². The zero-order valence-corrected chi connectivity index (χ0v) is 17.1. The van der Waals surface area contributed by atoms with Crippen molar-refractivity contribution in [2.75, 3.05) is 19.0 Å². The predicted molar refractivity (Wildman–Crippen MR) is 111 cm³/mol. The molecule has 0 spiro atoms. The molecule has 1 aromatic carbocycles. The third kappa shape index (κ3) is 3.92. The summed E-state index contributed by atoms with van der Waals surface area (Å²) in [5.74, 6) is 1.20. The monoisotopic (exact) mass is 411 g/mol. The van der Waals surface area contributed by atoms with Crippen molar-refractivity contribution in [3.8, 4) is 5.75 Å². The molecular weight excluding hydrogens is 386 g/mol. The molecule has 1 aromatic heterocycles.